The average molecular weight is 370 g/mol. The molecule has 0 unspecified atom stereocenters. The first-order valence-corrected chi connectivity index (χ1v) is 8.92. The predicted molar refractivity (Wildman–Crippen MR) is 98.9 cm³/mol. The van der Waals surface area contributed by atoms with Crippen molar-refractivity contribution in [1.82, 2.24) is 30.0 Å². The van der Waals surface area contributed by atoms with Gasteiger partial charge in [-0.3, -0.25) is 5.10 Å². The maximum absolute atomic E-state index is 5.38. The molecule has 4 rings (SSSR count). The minimum Gasteiger partial charge on any atom is -0.493 e. The normalized spacial score (nSPS) is 11.4. The van der Waals surface area contributed by atoms with E-state index in [1.165, 1.54) is 11.3 Å². The first-order chi connectivity index (χ1) is 12.6. The molecule has 26 heavy (non-hydrogen) atoms. The second kappa shape index (κ2) is 6.41. The molecule has 0 aliphatic carbocycles. The second-order valence-corrected chi connectivity index (χ2v) is 7.01. The fourth-order valence-corrected chi connectivity index (χ4v) is 3.45. The number of aromatic nitrogens is 6. The number of methoxy groups -OCH3 is 2. The highest BCUT2D eigenvalue weighted by atomic mass is 32.1. The van der Waals surface area contributed by atoms with E-state index in [0.717, 1.165) is 22.0 Å². The summed E-state index contributed by atoms with van der Waals surface area (Å²) >= 11 is 1.46. The molecular formula is C17H18N6O2S. The van der Waals surface area contributed by atoms with Crippen LogP contribution in [0.1, 0.15) is 25.5 Å². The van der Waals surface area contributed by atoms with Crippen molar-refractivity contribution >= 4 is 16.3 Å². The van der Waals surface area contributed by atoms with Crippen molar-refractivity contribution in [3.63, 3.8) is 0 Å². The van der Waals surface area contributed by atoms with Gasteiger partial charge in [-0.2, -0.15) is 14.7 Å². The Morgan fingerprint density at radius 3 is 2.58 bits per heavy atom. The van der Waals surface area contributed by atoms with Crippen LogP contribution >= 0.6 is 11.3 Å². The molecule has 3 heterocycles. The van der Waals surface area contributed by atoms with Gasteiger partial charge in [0.1, 0.15) is 10.7 Å². The lowest BCUT2D eigenvalue weighted by Crippen LogP contribution is -1.93. The highest BCUT2D eigenvalue weighted by molar-refractivity contribution is 7.19. The third kappa shape index (κ3) is 2.70. The minimum absolute atomic E-state index is 0.359. The van der Waals surface area contributed by atoms with E-state index in [4.69, 9.17) is 9.47 Å². The smallest absolute Gasteiger partial charge is 0.235 e. The van der Waals surface area contributed by atoms with Crippen molar-refractivity contribution in [2.45, 2.75) is 19.8 Å². The number of nitrogens with one attached hydrogen (secondary N) is 1. The van der Waals surface area contributed by atoms with Gasteiger partial charge in [0, 0.05) is 11.3 Å². The zero-order valence-electron chi connectivity index (χ0n) is 14.8. The molecule has 0 atom stereocenters. The Hall–Kier alpha value is -2.94. The van der Waals surface area contributed by atoms with E-state index in [0.29, 0.717) is 28.2 Å². The highest BCUT2D eigenvalue weighted by Crippen LogP contribution is 2.34. The topological polar surface area (TPSA) is 90.2 Å². The molecule has 0 saturated carbocycles. The summed E-state index contributed by atoms with van der Waals surface area (Å²) in [5, 5.41) is 21.3. The van der Waals surface area contributed by atoms with Gasteiger partial charge in [0.2, 0.25) is 10.8 Å². The van der Waals surface area contributed by atoms with Gasteiger partial charge in [-0.15, -0.1) is 10.2 Å². The summed E-state index contributed by atoms with van der Waals surface area (Å²) in [5.74, 6) is 2.31. The summed E-state index contributed by atoms with van der Waals surface area (Å²) in [4.78, 5) is 0.707. The molecule has 3 aromatic heterocycles. The van der Waals surface area contributed by atoms with Crippen LogP contribution in [0.5, 0.6) is 11.5 Å². The summed E-state index contributed by atoms with van der Waals surface area (Å²) in [5.41, 5.74) is 2.70. The monoisotopic (exact) mass is 370 g/mol. The molecule has 0 fully saturated rings. The van der Waals surface area contributed by atoms with Gasteiger partial charge < -0.3 is 9.47 Å². The molecule has 0 amide bonds. The molecule has 134 valence electrons. The van der Waals surface area contributed by atoms with Crippen molar-refractivity contribution in [3.8, 4) is 33.6 Å². The number of nitrogens with zero attached hydrogens (tertiary/aromatic N) is 5. The first-order valence-electron chi connectivity index (χ1n) is 8.11. The molecule has 9 heteroatoms. The maximum Gasteiger partial charge on any atom is 0.235 e. The summed E-state index contributed by atoms with van der Waals surface area (Å²) in [6.45, 7) is 4.21. The van der Waals surface area contributed by atoms with Crippen LogP contribution in [0.4, 0.5) is 0 Å². The lowest BCUT2D eigenvalue weighted by atomic mass is 10.1. The molecular weight excluding hydrogens is 352 g/mol. The Morgan fingerprint density at radius 1 is 1.08 bits per heavy atom. The standard InChI is InChI=1S/C17H18N6O2S/c1-9(2)11-8-12(19-18-11)15-20-21-17-23(15)22-16(26-17)10-5-6-13(24-3)14(7-10)25-4/h5-9H,1-4H3,(H,18,19). The highest BCUT2D eigenvalue weighted by Gasteiger charge is 2.18. The Morgan fingerprint density at radius 2 is 1.88 bits per heavy atom. The van der Waals surface area contributed by atoms with Crippen LogP contribution in [0.25, 0.3) is 27.1 Å². The fourth-order valence-electron chi connectivity index (χ4n) is 2.61. The molecule has 4 aromatic rings. The van der Waals surface area contributed by atoms with Crippen molar-refractivity contribution < 1.29 is 9.47 Å². The van der Waals surface area contributed by atoms with E-state index in [9.17, 15) is 0 Å². The number of ether oxygens (including phenoxy) is 2. The summed E-state index contributed by atoms with van der Waals surface area (Å²) < 4.78 is 12.4. The van der Waals surface area contributed by atoms with E-state index in [1.807, 2.05) is 24.3 Å². The van der Waals surface area contributed by atoms with E-state index >= 15 is 0 Å². The second-order valence-electron chi connectivity index (χ2n) is 6.06. The zero-order chi connectivity index (χ0) is 18.3. The molecule has 0 aliphatic rings. The number of fused-ring (bicyclic) bond motifs is 1. The maximum atomic E-state index is 5.38. The number of benzene rings is 1. The van der Waals surface area contributed by atoms with E-state index in [2.05, 4.69) is 39.3 Å². The molecule has 1 N–H and O–H groups in total. The summed E-state index contributed by atoms with van der Waals surface area (Å²) in [6.07, 6.45) is 0. The summed E-state index contributed by atoms with van der Waals surface area (Å²) in [6, 6.07) is 7.68. The molecule has 0 spiro atoms. The quantitative estimate of drug-likeness (QED) is 0.579. The van der Waals surface area contributed by atoms with Crippen LogP contribution in [-0.2, 0) is 0 Å². The van der Waals surface area contributed by atoms with Gasteiger partial charge in [0.05, 0.1) is 14.2 Å². The number of H-pyrrole nitrogens is 1. The number of hydrogen-bond donors (Lipinski definition) is 1. The van der Waals surface area contributed by atoms with Crippen molar-refractivity contribution in [2.24, 2.45) is 0 Å². The lowest BCUT2D eigenvalue weighted by Gasteiger charge is -2.07. The van der Waals surface area contributed by atoms with E-state index in [1.54, 1.807) is 18.7 Å². The van der Waals surface area contributed by atoms with Gasteiger partial charge >= 0.3 is 0 Å². The van der Waals surface area contributed by atoms with Gasteiger partial charge in [-0.05, 0) is 30.2 Å². The van der Waals surface area contributed by atoms with Crippen LogP contribution in [0.3, 0.4) is 0 Å². The zero-order valence-corrected chi connectivity index (χ0v) is 15.7. The Balaban J connectivity index is 1.76. The van der Waals surface area contributed by atoms with Crippen molar-refractivity contribution in [1.29, 1.82) is 0 Å². The summed E-state index contributed by atoms with van der Waals surface area (Å²) in [7, 11) is 3.23. The van der Waals surface area contributed by atoms with Crippen LogP contribution in [-0.4, -0.2) is 44.2 Å². The largest absolute Gasteiger partial charge is 0.493 e. The molecule has 1 aromatic carbocycles. The van der Waals surface area contributed by atoms with Crippen LogP contribution in [0.15, 0.2) is 24.3 Å². The Kier molecular flexibility index (Phi) is 4.08. The van der Waals surface area contributed by atoms with Gasteiger partial charge in [-0.1, -0.05) is 25.2 Å². The molecule has 0 radical (unpaired) electrons. The molecule has 8 nitrogen and oxygen atoms in total. The van der Waals surface area contributed by atoms with Crippen LogP contribution < -0.4 is 9.47 Å². The van der Waals surface area contributed by atoms with Gasteiger partial charge in [0.25, 0.3) is 0 Å². The molecule has 0 aliphatic heterocycles. The predicted octanol–water partition coefficient (Wildman–Crippen LogP) is 3.38. The van der Waals surface area contributed by atoms with E-state index < -0.39 is 0 Å². The van der Waals surface area contributed by atoms with Crippen LogP contribution in [0, 0.1) is 0 Å². The average Bonchev–Trinajstić information content (AvgIpc) is 3.35. The number of hydrogen-bond acceptors (Lipinski definition) is 7. The van der Waals surface area contributed by atoms with Gasteiger partial charge in [0.15, 0.2) is 11.5 Å². The number of aromatic amines is 1. The SMILES string of the molecule is COc1ccc(-c2nn3c(-c4cc(C(C)C)[nH]n4)nnc3s2)cc1OC. The Labute approximate surface area is 153 Å². The third-order valence-corrected chi connectivity index (χ3v) is 5.02. The van der Waals surface area contributed by atoms with Crippen molar-refractivity contribution in [2.75, 3.05) is 14.2 Å². The van der Waals surface area contributed by atoms with E-state index in [-0.39, 0.29) is 0 Å². The minimum atomic E-state index is 0.359. The lowest BCUT2D eigenvalue weighted by molar-refractivity contribution is 0.355. The molecule has 0 bridgehead atoms. The van der Waals surface area contributed by atoms with Crippen molar-refractivity contribution in [3.05, 3.63) is 30.0 Å². The fraction of sp³-hybridized carbons (Fsp3) is 0.294. The van der Waals surface area contributed by atoms with Crippen LogP contribution in [0.2, 0.25) is 0 Å². The Bertz CT molecular complexity index is 1060. The first kappa shape index (κ1) is 16.5. The number of rotatable bonds is 5. The van der Waals surface area contributed by atoms with Gasteiger partial charge in [-0.25, -0.2) is 0 Å². The molecule has 0 saturated heterocycles. The third-order valence-electron chi connectivity index (χ3n) is 4.07.